The van der Waals surface area contributed by atoms with Crippen LogP contribution in [0, 0.1) is 0 Å². The molecular weight excluding hydrogens is 390 g/mol. The number of pyridine rings is 1. The molecule has 1 saturated heterocycles. The van der Waals surface area contributed by atoms with Crippen molar-refractivity contribution >= 4 is 43.5 Å². The number of ether oxygens (including phenoxy) is 1. The third kappa shape index (κ3) is 4.51. The van der Waals surface area contributed by atoms with Crippen molar-refractivity contribution in [2.75, 3.05) is 18.5 Å². The van der Waals surface area contributed by atoms with Crippen LogP contribution in [0.2, 0.25) is 0 Å². The fraction of sp³-hybridized carbons (Fsp3) is 0.538. The second-order valence-electron chi connectivity index (χ2n) is 4.74. The van der Waals surface area contributed by atoms with Crippen molar-refractivity contribution in [2.24, 2.45) is 0 Å². The fourth-order valence-electron chi connectivity index (χ4n) is 2.04. The SMILES string of the molecule is C[C@@H](NC1CCOCC1)C(=O)Nc1ccc(Br)nc1Br. The zero-order valence-electron chi connectivity index (χ0n) is 11.2. The Hall–Kier alpha value is -0.500. The summed E-state index contributed by atoms with van der Waals surface area (Å²) in [7, 11) is 0. The van der Waals surface area contributed by atoms with Crippen molar-refractivity contribution in [1.29, 1.82) is 0 Å². The van der Waals surface area contributed by atoms with Gasteiger partial charge in [-0.15, -0.1) is 0 Å². The van der Waals surface area contributed by atoms with Gasteiger partial charge in [-0.1, -0.05) is 0 Å². The van der Waals surface area contributed by atoms with Gasteiger partial charge in [0.05, 0.1) is 11.7 Å². The van der Waals surface area contributed by atoms with Crippen LogP contribution in [-0.4, -0.2) is 36.2 Å². The molecule has 1 aromatic rings. The Morgan fingerprint density at radius 1 is 1.40 bits per heavy atom. The lowest BCUT2D eigenvalue weighted by molar-refractivity contribution is -0.118. The summed E-state index contributed by atoms with van der Waals surface area (Å²) in [6.07, 6.45) is 1.89. The van der Waals surface area contributed by atoms with E-state index in [1.807, 2.05) is 6.92 Å². The average Bonchev–Trinajstić information content (AvgIpc) is 2.43. The first-order valence-corrected chi connectivity index (χ1v) is 8.11. The maximum Gasteiger partial charge on any atom is 0.241 e. The molecule has 0 spiro atoms. The number of nitrogens with zero attached hydrogens (tertiary/aromatic N) is 1. The van der Waals surface area contributed by atoms with Gasteiger partial charge in [0.25, 0.3) is 0 Å². The molecule has 110 valence electrons. The van der Waals surface area contributed by atoms with Crippen molar-refractivity contribution in [3.8, 4) is 0 Å². The molecule has 1 fully saturated rings. The van der Waals surface area contributed by atoms with E-state index in [0.717, 1.165) is 30.7 Å². The van der Waals surface area contributed by atoms with Crippen molar-refractivity contribution in [3.05, 3.63) is 21.3 Å². The first-order valence-electron chi connectivity index (χ1n) is 6.53. The van der Waals surface area contributed by atoms with Crippen LogP contribution in [-0.2, 0) is 9.53 Å². The molecule has 0 unspecified atom stereocenters. The molecule has 1 aliphatic rings. The van der Waals surface area contributed by atoms with Gasteiger partial charge in [-0.3, -0.25) is 4.79 Å². The minimum Gasteiger partial charge on any atom is -0.381 e. The first-order chi connectivity index (χ1) is 9.56. The number of amides is 1. The minimum absolute atomic E-state index is 0.0682. The van der Waals surface area contributed by atoms with E-state index in [0.29, 0.717) is 16.3 Å². The standard InChI is InChI=1S/C13H17Br2N3O2/c1-8(16-9-4-6-20-7-5-9)13(19)17-10-2-3-11(14)18-12(10)15/h2-3,8-9,16H,4-7H2,1H3,(H,17,19)/t8-/m1/s1. The van der Waals surface area contributed by atoms with E-state index in [1.54, 1.807) is 12.1 Å². The van der Waals surface area contributed by atoms with E-state index in [9.17, 15) is 4.79 Å². The van der Waals surface area contributed by atoms with E-state index in [1.165, 1.54) is 0 Å². The predicted octanol–water partition coefficient (Wildman–Crippen LogP) is 2.70. The van der Waals surface area contributed by atoms with Gasteiger partial charge < -0.3 is 15.4 Å². The number of carbonyl (C=O) groups excluding carboxylic acids is 1. The molecule has 2 N–H and O–H groups in total. The van der Waals surface area contributed by atoms with Crippen LogP contribution in [0.25, 0.3) is 0 Å². The van der Waals surface area contributed by atoms with E-state index in [-0.39, 0.29) is 11.9 Å². The summed E-state index contributed by atoms with van der Waals surface area (Å²) >= 11 is 6.61. The highest BCUT2D eigenvalue weighted by Crippen LogP contribution is 2.22. The van der Waals surface area contributed by atoms with E-state index in [2.05, 4.69) is 47.5 Å². The van der Waals surface area contributed by atoms with Crippen molar-refractivity contribution < 1.29 is 9.53 Å². The third-order valence-corrected chi connectivity index (χ3v) is 4.22. The quantitative estimate of drug-likeness (QED) is 0.754. The largest absolute Gasteiger partial charge is 0.381 e. The molecule has 0 bridgehead atoms. The lowest BCUT2D eigenvalue weighted by Gasteiger charge is -2.26. The molecule has 1 aliphatic heterocycles. The summed E-state index contributed by atoms with van der Waals surface area (Å²) < 4.78 is 6.63. The number of anilines is 1. The molecule has 1 amide bonds. The van der Waals surface area contributed by atoms with Crippen LogP contribution < -0.4 is 10.6 Å². The Labute approximate surface area is 135 Å². The van der Waals surface area contributed by atoms with Crippen LogP contribution in [0.5, 0.6) is 0 Å². The summed E-state index contributed by atoms with van der Waals surface area (Å²) in [5.74, 6) is -0.0682. The molecule has 20 heavy (non-hydrogen) atoms. The Bertz CT molecular complexity index is 479. The summed E-state index contributed by atoms with van der Waals surface area (Å²) in [4.78, 5) is 16.3. The molecule has 0 aromatic carbocycles. The fourth-order valence-corrected chi connectivity index (χ4v) is 3.01. The topological polar surface area (TPSA) is 63.2 Å². The number of rotatable bonds is 4. The van der Waals surface area contributed by atoms with Crippen LogP contribution >= 0.6 is 31.9 Å². The molecule has 0 radical (unpaired) electrons. The lowest BCUT2D eigenvalue weighted by Crippen LogP contribution is -2.46. The Morgan fingerprint density at radius 2 is 2.10 bits per heavy atom. The zero-order chi connectivity index (χ0) is 14.5. The normalized spacial score (nSPS) is 17.8. The molecule has 5 nitrogen and oxygen atoms in total. The highest BCUT2D eigenvalue weighted by atomic mass is 79.9. The zero-order valence-corrected chi connectivity index (χ0v) is 14.3. The molecule has 1 aromatic heterocycles. The summed E-state index contributed by atoms with van der Waals surface area (Å²) in [6, 6.07) is 3.68. The molecule has 2 rings (SSSR count). The monoisotopic (exact) mass is 405 g/mol. The Balaban J connectivity index is 1.89. The van der Waals surface area contributed by atoms with Gasteiger partial charge in [-0.25, -0.2) is 4.98 Å². The van der Waals surface area contributed by atoms with E-state index < -0.39 is 0 Å². The number of carbonyl (C=O) groups is 1. The Morgan fingerprint density at radius 3 is 2.75 bits per heavy atom. The number of halogens is 2. The minimum atomic E-state index is -0.256. The van der Waals surface area contributed by atoms with Gasteiger partial charge in [-0.2, -0.15) is 0 Å². The third-order valence-electron chi connectivity index (χ3n) is 3.17. The van der Waals surface area contributed by atoms with Gasteiger partial charge in [0.2, 0.25) is 5.91 Å². The molecule has 1 atom stereocenters. The smallest absolute Gasteiger partial charge is 0.241 e. The summed E-state index contributed by atoms with van der Waals surface area (Å²) in [6.45, 7) is 3.38. The highest BCUT2D eigenvalue weighted by molar-refractivity contribution is 9.11. The van der Waals surface area contributed by atoms with Gasteiger partial charge >= 0.3 is 0 Å². The maximum absolute atomic E-state index is 12.2. The second kappa shape index (κ2) is 7.49. The van der Waals surface area contributed by atoms with E-state index in [4.69, 9.17) is 4.74 Å². The molecule has 7 heteroatoms. The molecule has 0 aliphatic carbocycles. The van der Waals surface area contributed by atoms with Crippen LogP contribution in [0.4, 0.5) is 5.69 Å². The number of hydrogen-bond donors (Lipinski definition) is 2. The lowest BCUT2D eigenvalue weighted by atomic mass is 10.1. The van der Waals surface area contributed by atoms with Crippen LogP contribution in [0.1, 0.15) is 19.8 Å². The summed E-state index contributed by atoms with van der Waals surface area (Å²) in [5.41, 5.74) is 0.666. The van der Waals surface area contributed by atoms with Crippen LogP contribution in [0.15, 0.2) is 21.3 Å². The second-order valence-corrected chi connectivity index (χ2v) is 6.30. The van der Waals surface area contributed by atoms with Gasteiger partial charge in [0, 0.05) is 19.3 Å². The number of hydrogen-bond acceptors (Lipinski definition) is 4. The van der Waals surface area contributed by atoms with Crippen molar-refractivity contribution in [2.45, 2.75) is 31.8 Å². The van der Waals surface area contributed by atoms with E-state index >= 15 is 0 Å². The van der Waals surface area contributed by atoms with Crippen LogP contribution in [0.3, 0.4) is 0 Å². The molecule has 2 heterocycles. The van der Waals surface area contributed by atoms with Crippen molar-refractivity contribution in [1.82, 2.24) is 10.3 Å². The highest BCUT2D eigenvalue weighted by Gasteiger charge is 2.20. The average molecular weight is 407 g/mol. The van der Waals surface area contributed by atoms with Gasteiger partial charge in [-0.05, 0) is 63.8 Å². The predicted molar refractivity (Wildman–Crippen MR) is 84.7 cm³/mol. The Kier molecular flexibility index (Phi) is 5.95. The molecule has 0 saturated carbocycles. The summed E-state index contributed by atoms with van der Waals surface area (Å²) in [5, 5.41) is 6.20. The number of aromatic nitrogens is 1. The molecular formula is C13H17Br2N3O2. The van der Waals surface area contributed by atoms with Gasteiger partial charge in [0.1, 0.15) is 9.21 Å². The first kappa shape index (κ1) is 15.9. The van der Waals surface area contributed by atoms with Gasteiger partial charge in [0.15, 0.2) is 0 Å². The maximum atomic E-state index is 12.2. The van der Waals surface area contributed by atoms with Crippen molar-refractivity contribution in [3.63, 3.8) is 0 Å². The number of nitrogens with one attached hydrogen (secondary N) is 2.